The van der Waals surface area contributed by atoms with Crippen molar-refractivity contribution in [2.45, 2.75) is 110 Å². The van der Waals surface area contributed by atoms with E-state index in [1.165, 1.54) is 13.8 Å². The molecule has 9 nitrogen and oxygen atoms in total. The predicted molar refractivity (Wildman–Crippen MR) is 177 cm³/mol. The maximum Gasteiger partial charge on any atom is 0.331 e. The first kappa shape index (κ1) is 34.9. The van der Waals surface area contributed by atoms with Gasteiger partial charge in [0.2, 0.25) is 11.6 Å². The molecule has 4 rings (SSSR count). The first-order valence-corrected chi connectivity index (χ1v) is 16.7. The van der Waals surface area contributed by atoms with Crippen LogP contribution in [-0.2, 0) is 29.4 Å². The molecule has 0 bridgehead atoms. The van der Waals surface area contributed by atoms with Crippen LogP contribution in [0.15, 0.2) is 46.7 Å². The Labute approximate surface area is 271 Å². The number of hydrogen-bond donors (Lipinski definition) is 0. The fourth-order valence-electron chi connectivity index (χ4n) is 6.45. The van der Waals surface area contributed by atoms with Crippen LogP contribution in [0.3, 0.4) is 0 Å². The molecule has 0 unspecified atom stereocenters. The summed E-state index contributed by atoms with van der Waals surface area (Å²) in [5.74, 6) is -1.67. The number of unbranched alkanes of at least 4 members (excludes halogenated alkanes) is 6. The highest BCUT2D eigenvalue weighted by molar-refractivity contribution is 6.46. The molecule has 0 aromatic heterocycles. The Morgan fingerprint density at radius 2 is 1.11 bits per heavy atom. The van der Waals surface area contributed by atoms with Gasteiger partial charge in [0.15, 0.2) is 0 Å². The summed E-state index contributed by atoms with van der Waals surface area (Å²) >= 11 is 0. The molecule has 0 saturated carbocycles. The molecule has 46 heavy (non-hydrogen) atoms. The number of nitrogens with zero attached hydrogens (tertiary/aromatic N) is 2. The lowest BCUT2D eigenvalue weighted by atomic mass is 9.71. The summed E-state index contributed by atoms with van der Waals surface area (Å²) in [6.07, 6.45) is 9.92. The lowest BCUT2D eigenvalue weighted by Crippen LogP contribution is -2.33. The summed E-state index contributed by atoms with van der Waals surface area (Å²) in [6, 6.07) is 11.4. The number of rotatable bonds is 16. The third-order valence-electron chi connectivity index (χ3n) is 8.86. The van der Waals surface area contributed by atoms with E-state index in [9.17, 15) is 19.2 Å². The van der Waals surface area contributed by atoms with E-state index in [-0.39, 0.29) is 23.0 Å². The van der Waals surface area contributed by atoms with Crippen LogP contribution in [0.25, 0.3) is 11.1 Å². The van der Waals surface area contributed by atoms with E-state index in [2.05, 4.69) is 24.2 Å². The van der Waals surface area contributed by atoms with E-state index < -0.39 is 17.4 Å². The first-order valence-electron chi connectivity index (χ1n) is 16.7. The molecule has 246 valence electrons. The smallest absolute Gasteiger partial charge is 0.331 e. The van der Waals surface area contributed by atoms with Crippen LogP contribution in [0, 0.1) is 0 Å². The van der Waals surface area contributed by atoms with E-state index in [0.29, 0.717) is 50.0 Å². The largest absolute Gasteiger partial charge is 0.381 e. The zero-order chi connectivity index (χ0) is 33.1. The number of hydrogen-bond acceptors (Lipinski definition) is 9. The highest BCUT2D eigenvalue weighted by Gasteiger charge is 2.45. The van der Waals surface area contributed by atoms with Crippen molar-refractivity contribution in [3.8, 4) is 11.1 Å². The Kier molecular flexibility index (Phi) is 12.5. The average Bonchev–Trinajstić information content (AvgIpc) is 3.31. The second-order valence-corrected chi connectivity index (χ2v) is 12.2. The predicted octanol–water partition coefficient (Wildman–Crippen LogP) is 7.91. The summed E-state index contributed by atoms with van der Waals surface area (Å²) in [4.78, 5) is 60.4. The Hall–Kier alpha value is -3.98. The molecule has 0 N–H and O–H groups in total. The molecule has 1 aliphatic carbocycles. The molecule has 0 atom stereocenters. The number of Topliss-reactive ketones (excluding diaryl/α,β-unsaturated/α-hetero) is 2. The fraction of sp³-hybridized carbons (Fsp3) is 0.514. The van der Waals surface area contributed by atoms with Gasteiger partial charge in [0.1, 0.15) is 11.4 Å². The molecule has 1 heterocycles. The van der Waals surface area contributed by atoms with Gasteiger partial charge in [0.25, 0.3) is 0 Å². The van der Waals surface area contributed by atoms with Crippen LogP contribution >= 0.6 is 0 Å². The van der Waals surface area contributed by atoms with Gasteiger partial charge in [-0.05, 0) is 72.9 Å². The van der Waals surface area contributed by atoms with Gasteiger partial charge in [0.05, 0.1) is 0 Å². The Morgan fingerprint density at radius 1 is 0.674 bits per heavy atom. The zero-order valence-electron chi connectivity index (χ0n) is 27.6. The first-order chi connectivity index (χ1) is 22.2. The van der Waals surface area contributed by atoms with Gasteiger partial charge in [-0.25, -0.2) is 9.59 Å². The van der Waals surface area contributed by atoms with Crippen molar-refractivity contribution < 1.29 is 33.6 Å². The lowest BCUT2D eigenvalue weighted by molar-refractivity contribution is -0.141. The topological polar surface area (TPSA) is 121 Å². The van der Waals surface area contributed by atoms with E-state index in [4.69, 9.17) is 14.4 Å². The molecule has 1 aliphatic heterocycles. The van der Waals surface area contributed by atoms with Crippen LogP contribution in [0.5, 0.6) is 0 Å². The Bertz CT molecular complexity index is 1400. The molecular weight excluding hydrogens is 584 g/mol. The molecule has 1 spiro atoms. The molecule has 2 aromatic rings. The number of benzene rings is 2. The van der Waals surface area contributed by atoms with Crippen molar-refractivity contribution in [1.82, 2.24) is 0 Å². The lowest BCUT2D eigenvalue weighted by Gasteiger charge is -2.36. The van der Waals surface area contributed by atoms with Gasteiger partial charge < -0.3 is 14.4 Å². The minimum absolute atomic E-state index is 0.231. The maximum atomic E-state index is 13.8. The molecule has 0 amide bonds. The van der Waals surface area contributed by atoms with Crippen LogP contribution in [0.2, 0.25) is 0 Å². The molecule has 1 fully saturated rings. The van der Waals surface area contributed by atoms with Crippen LogP contribution in [0.4, 0.5) is 0 Å². The molecule has 1 saturated heterocycles. The molecule has 2 aliphatic rings. The zero-order valence-corrected chi connectivity index (χ0v) is 27.6. The van der Waals surface area contributed by atoms with E-state index in [1.807, 2.05) is 24.3 Å². The third-order valence-corrected chi connectivity index (χ3v) is 8.86. The fourth-order valence-corrected chi connectivity index (χ4v) is 6.45. The molecule has 2 aromatic carbocycles. The van der Waals surface area contributed by atoms with Crippen molar-refractivity contribution in [3.63, 3.8) is 0 Å². The number of oxime groups is 2. The summed E-state index contributed by atoms with van der Waals surface area (Å²) < 4.78 is 5.79. The standard InChI is InChI=1S/C37H46N2O7/c1-5-7-9-11-13-33(38-45-25(3)40)35(42)27-15-17-29-30-18-16-28(24-32(30)37(31(29)23-27)19-21-44-22-20-37)36(43)34(39-46-26(4)41)14-12-10-8-6-2/h15-18,23-24H,5-14,19-22H2,1-4H3/b38-33+,39-34+. The monoisotopic (exact) mass is 630 g/mol. The van der Waals surface area contributed by atoms with Gasteiger partial charge >= 0.3 is 11.9 Å². The second-order valence-electron chi connectivity index (χ2n) is 12.2. The highest BCUT2D eigenvalue weighted by Crippen LogP contribution is 2.54. The number of ketones is 2. The number of ether oxygens (including phenoxy) is 1. The van der Waals surface area contributed by atoms with Crippen molar-refractivity contribution >= 4 is 34.9 Å². The maximum absolute atomic E-state index is 13.8. The minimum Gasteiger partial charge on any atom is -0.381 e. The summed E-state index contributed by atoms with van der Waals surface area (Å²) in [5, 5.41) is 7.91. The van der Waals surface area contributed by atoms with Crippen LogP contribution < -0.4 is 0 Å². The van der Waals surface area contributed by atoms with Crippen LogP contribution in [0.1, 0.15) is 137 Å². The van der Waals surface area contributed by atoms with E-state index in [0.717, 1.165) is 73.6 Å². The van der Waals surface area contributed by atoms with Crippen molar-refractivity contribution in [1.29, 1.82) is 0 Å². The number of fused-ring (bicyclic) bond motifs is 5. The van der Waals surface area contributed by atoms with Gasteiger partial charge in [-0.3, -0.25) is 9.59 Å². The Morgan fingerprint density at radius 3 is 1.50 bits per heavy atom. The molecule has 9 heteroatoms. The van der Waals surface area contributed by atoms with Gasteiger partial charge in [-0.15, -0.1) is 0 Å². The summed E-state index contributed by atoms with van der Waals surface area (Å²) in [5.41, 5.74) is 5.06. The van der Waals surface area contributed by atoms with Gasteiger partial charge in [-0.2, -0.15) is 0 Å². The van der Waals surface area contributed by atoms with E-state index >= 15 is 0 Å². The molecule has 0 radical (unpaired) electrons. The summed E-state index contributed by atoms with van der Waals surface area (Å²) in [6.45, 7) is 7.86. The third kappa shape index (κ3) is 8.23. The molecular formula is C37H46N2O7. The minimum atomic E-state index is -0.572. The average molecular weight is 631 g/mol. The summed E-state index contributed by atoms with van der Waals surface area (Å²) in [7, 11) is 0. The van der Waals surface area contributed by atoms with Gasteiger partial charge in [0, 0.05) is 43.6 Å². The Balaban J connectivity index is 1.70. The number of carbonyl (C=O) groups excluding carboxylic acids is 4. The van der Waals surface area contributed by atoms with Crippen molar-refractivity contribution in [3.05, 3.63) is 58.7 Å². The second kappa shape index (κ2) is 16.5. The number of carbonyl (C=O) groups is 4. The van der Waals surface area contributed by atoms with E-state index in [1.54, 1.807) is 12.1 Å². The van der Waals surface area contributed by atoms with Gasteiger partial charge in [-0.1, -0.05) is 86.9 Å². The van der Waals surface area contributed by atoms with Crippen LogP contribution in [-0.4, -0.2) is 48.1 Å². The quantitative estimate of drug-likeness (QED) is 0.0607. The SMILES string of the molecule is CCCCCC/C(=N\OC(C)=O)C(=O)c1ccc2c(c1)C1(CCOCC1)c1cc(C(=O)/C(CCCCCC)=N/OC(C)=O)ccc1-2. The highest BCUT2D eigenvalue weighted by atomic mass is 16.7. The normalized spacial score (nSPS) is 15.3. The van der Waals surface area contributed by atoms with Crippen molar-refractivity contribution in [2.75, 3.05) is 13.2 Å². The van der Waals surface area contributed by atoms with Crippen molar-refractivity contribution in [2.24, 2.45) is 10.3 Å².